The van der Waals surface area contributed by atoms with Gasteiger partial charge in [-0.25, -0.2) is 0 Å². The summed E-state index contributed by atoms with van der Waals surface area (Å²) in [5.41, 5.74) is 6.77. The van der Waals surface area contributed by atoms with Gasteiger partial charge in [-0.15, -0.1) is 0 Å². The summed E-state index contributed by atoms with van der Waals surface area (Å²) in [4.78, 5) is 0. The van der Waals surface area contributed by atoms with Gasteiger partial charge in [0, 0.05) is 18.6 Å². The number of aliphatic hydroxyl groups excluding tert-OH is 1. The van der Waals surface area contributed by atoms with Crippen LogP contribution >= 0.6 is 23.2 Å². The van der Waals surface area contributed by atoms with Crippen LogP contribution in [0.2, 0.25) is 10.0 Å². The number of aliphatic hydroxyl groups is 1. The highest BCUT2D eigenvalue weighted by Gasteiger charge is 2.53. The summed E-state index contributed by atoms with van der Waals surface area (Å²) >= 11 is 11.8. The van der Waals surface area contributed by atoms with Crippen LogP contribution in [0.25, 0.3) is 0 Å². The minimum Gasteiger partial charge on any atom is -0.396 e. The smallest absolute Gasteiger partial charge is 0.0595 e. The van der Waals surface area contributed by atoms with E-state index in [4.69, 9.17) is 34.0 Å². The zero-order valence-electron chi connectivity index (χ0n) is 8.21. The van der Waals surface area contributed by atoms with Gasteiger partial charge in [0.15, 0.2) is 0 Å². The van der Waals surface area contributed by atoms with E-state index in [9.17, 15) is 0 Å². The number of hydrogen-bond donors (Lipinski definition) is 2. The molecule has 0 unspecified atom stereocenters. The van der Waals surface area contributed by atoms with Gasteiger partial charge in [0.2, 0.25) is 0 Å². The van der Waals surface area contributed by atoms with Gasteiger partial charge < -0.3 is 10.8 Å². The van der Waals surface area contributed by atoms with Crippen LogP contribution in [0.5, 0.6) is 0 Å². The lowest BCUT2D eigenvalue weighted by Crippen LogP contribution is -2.23. The summed E-state index contributed by atoms with van der Waals surface area (Å²) in [5.74, 6) is 0.264. The quantitative estimate of drug-likeness (QED) is 0.858. The van der Waals surface area contributed by atoms with Crippen molar-refractivity contribution in [1.29, 1.82) is 0 Å². The van der Waals surface area contributed by atoms with E-state index < -0.39 is 0 Å². The fourth-order valence-corrected chi connectivity index (χ4v) is 2.45. The number of rotatable bonds is 3. The molecule has 0 bridgehead atoms. The van der Waals surface area contributed by atoms with Crippen LogP contribution < -0.4 is 5.73 Å². The summed E-state index contributed by atoms with van der Waals surface area (Å²) in [6.45, 7) is 0.716. The van der Waals surface area contributed by atoms with E-state index in [1.165, 1.54) is 0 Å². The third-order valence-electron chi connectivity index (χ3n) is 3.31. The molecule has 0 saturated heterocycles. The van der Waals surface area contributed by atoms with Crippen molar-refractivity contribution in [2.75, 3.05) is 13.2 Å². The van der Waals surface area contributed by atoms with E-state index in [1.54, 1.807) is 6.07 Å². The van der Waals surface area contributed by atoms with Crippen molar-refractivity contribution in [1.82, 2.24) is 0 Å². The Labute approximate surface area is 99.0 Å². The zero-order chi connectivity index (χ0) is 11.1. The maximum atomic E-state index is 9.14. The molecule has 82 valence electrons. The molecule has 0 amide bonds. The Bertz CT molecular complexity index is 383. The highest BCUT2D eigenvalue weighted by atomic mass is 35.5. The summed E-state index contributed by atoms with van der Waals surface area (Å²) in [5, 5.41) is 10.2. The van der Waals surface area contributed by atoms with Crippen molar-refractivity contribution in [3.63, 3.8) is 0 Å². The fraction of sp³-hybridized carbons (Fsp3) is 0.455. The minimum atomic E-state index is -0.0804. The van der Waals surface area contributed by atoms with Crippen LogP contribution in [0.4, 0.5) is 0 Å². The minimum absolute atomic E-state index is 0.0804. The maximum Gasteiger partial charge on any atom is 0.0595 e. The fourth-order valence-electron chi connectivity index (χ4n) is 2.15. The molecule has 0 spiro atoms. The lowest BCUT2D eigenvalue weighted by atomic mass is 9.93. The van der Waals surface area contributed by atoms with Crippen LogP contribution in [0, 0.1) is 5.92 Å². The van der Waals surface area contributed by atoms with E-state index in [0.29, 0.717) is 16.6 Å². The largest absolute Gasteiger partial charge is 0.396 e. The van der Waals surface area contributed by atoms with Gasteiger partial charge in [0.25, 0.3) is 0 Å². The van der Waals surface area contributed by atoms with Gasteiger partial charge in [0.1, 0.15) is 0 Å². The molecule has 3 N–H and O–H groups in total. The van der Waals surface area contributed by atoms with Crippen LogP contribution in [-0.4, -0.2) is 18.3 Å². The maximum absolute atomic E-state index is 9.14. The number of benzene rings is 1. The van der Waals surface area contributed by atoms with Crippen LogP contribution in [-0.2, 0) is 5.41 Å². The molecule has 4 heteroatoms. The van der Waals surface area contributed by atoms with Gasteiger partial charge in [-0.3, -0.25) is 0 Å². The standard InChI is InChI=1S/C11H13Cl2NO/c12-9-2-1-7(3-10(9)13)11(6-14)4-8(11)5-15/h1-3,8,15H,4-6,14H2/t8-,11-/m1/s1. The first-order chi connectivity index (χ1) is 7.14. The van der Waals surface area contributed by atoms with E-state index in [0.717, 1.165) is 12.0 Å². The lowest BCUT2D eigenvalue weighted by molar-refractivity contribution is 0.264. The highest BCUT2D eigenvalue weighted by molar-refractivity contribution is 6.42. The third-order valence-corrected chi connectivity index (χ3v) is 4.05. The van der Waals surface area contributed by atoms with Crippen molar-refractivity contribution >= 4 is 23.2 Å². The summed E-state index contributed by atoms with van der Waals surface area (Å²) < 4.78 is 0. The molecular weight excluding hydrogens is 233 g/mol. The topological polar surface area (TPSA) is 46.2 Å². The van der Waals surface area contributed by atoms with Gasteiger partial charge in [0.05, 0.1) is 10.0 Å². The van der Waals surface area contributed by atoms with E-state index in [2.05, 4.69) is 0 Å². The van der Waals surface area contributed by atoms with Crippen LogP contribution in [0.1, 0.15) is 12.0 Å². The first kappa shape index (κ1) is 11.2. The van der Waals surface area contributed by atoms with E-state index in [1.807, 2.05) is 12.1 Å². The average molecular weight is 246 g/mol. The predicted molar refractivity (Wildman–Crippen MR) is 62.4 cm³/mol. The number of nitrogens with two attached hydrogens (primary N) is 1. The van der Waals surface area contributed by atoms with Gasteiger partial charge in [-0.05, 0) is 30.0 Å². The van der Waals surface area contributed by atoms with Crippen molar-refractivity contribution in [3.8, 4) is 0 Å². The second-order valence-corrected chi connectivity index (χ2v) is 4.89. The molecule has 0 heterocycles. The molecule has 1 saturated carbocycles. The second-order valence-electron chi connectivity index (χ2n) is 4.07. The molecule has 1 aromatic carbocycles. The number of hydrogen-bond acceptors (Lipinski definition) is 2. The first-order valence-electron chi connectivity index (χ1n) is 4.90. The van der Waals surface area contributed by atoms with Gasteiger partial charge in [-0.1, -0.05) is 29.3 Å². The van der Waals surface area contributed by atoms with Gasteiger partial charge in [-0.2, -0.15) is 0 Å². The molecular formula is C11H13Cl2NO. The molecule has 2 atom stereocenters. The van der Waals surface area contributed by atoms with Gasteiger partial charge >= 0.3 is 0 Å². The van der Waals surface area contributed by atoms with Crippen molar-refractivity contribution < 1.29 is 5.11 Å². The molecule has 0 aliphatic heterocycles. The third kappa shape index (κ3) is 1.76. The molecule has 1 aliphatic rings. The SMILES string of the molecule is NC[C@@]1(c2ccc(Cl)c(Cl)c2)C[C@@H]1CO. The Kier molecular flexibility index (Phi) is 2.95. The Balaban J connectivity index is 2.33. The predicted octanol–water partition coefficient (Wildman–Crippen LogP) is 2.20. The summed E-state index contributed by atoms with van der Waals surface area (Å²) in [7, 11) is 0. The summed E-state index contributed by atoms with van der Waals surface area (Å²) in [6, 6.07) is 5.58. The Morgan fingerprint density at radius 3 is 2.60 bits per heavy atom. The monoisotopic (exact) mass is 245 g/mol. The van der Waals surface area contributed by atoms with Crippen molar-refractivity contribution in [2.45, 2.75) is 11.8 Å². The van der Waals surface area contributed by atoms with Crippen molar-refractivity contribution in [2.24, 2.45) is 11.7 Å². The first-order valence-corrected chi connectivity index (χ1v) is 5.66. The highest BCUT2D eigenvalue weighted by Crippen LogP contribution is 2.53. The van der Waals surface area contributed by atoms with Crippen LogP contribution in [0.3, 0.4) is 0 Å². The molecule has 2 nitrogen and oxygen atoms in total. The van der Waals surface area contributed by atoms with Crippen LogP contribution in [0.15, 0.2) is 18.2 Å². The molecule has 1 aromatic rings. The Morgan fingerprint density at radius 2 is 2.13 bits per heavy atom. The van der Waals surface area contributed by atoms with E-state index >= 15 is 0 Å². The Morgan fingerprint density at radius 1 is 1.40 bits per heavy atom. The molecule has 1 fully saturated rings. The number of halogens is 2. The molecule has 0 aromatic heterocycles. The molecule has 1 aliphatic carbocycles. The van der Waals surface area contributed by atoms with E-state index in [-0.39, 0.29) is 17.9 Å². The Hall–Kier alpha value is -0.280. The summed E-state index contributed by atoms with van der Waals surface area (Å²) in [6.07, 6.45) is 0.929. The molecule has 0 radical (unpaired) electrons. The molecule has 2 rings (SSSR count). The molecule has 15 heavy (non-hydrogen) atoms. The van der Waals surface area contributed by atoms with Crippen molar-refractivity contribution in [3.05, 3.63) is 33.8 Å². The lowest BCUT2D eigenvalue weighted by Gasteiger charge is -2.15. The second kappa shape index (κ2) is 3.95. The zero-order valence-corrected chi connectivity index (χ0v) is 9.72. The average Bonchev–Trinajstić information content (AvgIpc) is 2.97. The normalized spacial score (nSPS) is 29.2.